The van der Waals surface area contributed by atoms with E-state index in [0.29, 0.717) is 12.1 Å². The van der Waals surface area contributed by atoms with Crippen LogP contribution in [-0.2, 0) is 11.3 Å². The summed E-state index contributed by atoms with van der Waals surface area (Å²) in [6.45, 7) is 4.00. The average molecular weight is 339 g/mol. The topological polar surface area (TPSA) is 24.5 Å². The van der Waals surface area contributed by atoms with Gasteiger partial charge in [-0.1, -0.05) is 6.07 Å². The maximum Gasteiger partial charge on any atom is 0.0750 e. The fourth-order valence-electron chi connectivity index (χ4n) is 2.90. The van der Waals surface area contributed by atoms with Gasteiger partial charge in [-0.2, -0.15) is 0 Å². The van der Waals surface area contributed by atoms with Gasteiger partial charge in [0.25, 0.3) is 0 Å². The van der Waals surface area contributed by atoms with Gasteiger partial charge in [-0.3, -0.25) is 0 Å². The van der Waals surface area contributed by atoms with Crippen molar-refractivity contribution < 1.29 is 4.74 Å². The van der Waals surface area contributed by atoms with Crippen LogP contribution in [0.3, 0.4) is 0 Å². The normalized spacial score (nSPS) is 25.9. The Morgan fingerprint density at radius 2 is 2.15 bits per heavy atom. The summed E-state index contributed by atoms with van der Waals surface area (Å²) < 4.78 is 6.85. The number of hydrogen-bond acceptors (Lipinski definition) is 3. The van der Waals surface area contributed by atoms with Gasteiger partial charge in [-0.15, -0.1) is 0 Å². The molecule has 110 valence electrons. The van der Waals surface area contributed by atoms with E-state index in [2.05, 4.69) is 58.3 Å². The highest BCUT2D eigenvalue weighted by molar-refractivity contribution is 9.10. The quantitative estimate of drug-likeness (QED) is 0.891. The smallest absolute Gasteiger partial charge is 0.0750 e. The first kappa shape index (κ1) is 14.4. The number of nitrogens with one attached hydrogen (secondary N) is 1. The highest BCUT2D eigenvalue weighted by atomic mass is 79.9. The zero-order valence-corrected chi connectivity index (χ0v) is 13.8. The number of halogens is 1. The maximum absolute atomic E-state index is 5.68. The number of ether oxygens (including phenoxy) is 1. The fraction of sp³-hybridized carbons (Fsp3) is 0.625. The Morgan fingerprint density at radius 1 is 1.35 bits per heavy atom. The minimum absolute atomic E-state index is 0.308. The van der Waals surface area contributed by atoms with E-state index in [9.17, 15) is 0 Å². The predicted octanol–water partition coefficient (Wildman–Crippen LogP) is 3.31. The Morgan fingerprint density at radius 3 is 2.75 bits per heavy atom. The molecular weight excluding hydrogens is 316 g/mol. The molecule has 1 heterocycles. The molecule has 1 aliphatic heterocycles. The van der Waals surface area contributed by atoms with E-state index in [1.54, 1.807) is 0 Å². The maximum atomic E-state index is 5.68. The van der Waals surface area contributed by atoms with Gasteiger partial charge in [0.2, 0.25) is 0 Å². The molecular formula is C16H23BrN2O. The van der Waals surface area contributed by atoms with E-state index in [1.807, 2.05) is 0 Å². The van der Waals surface area contributed by atoms with E-state index in [1.165, 1.54) is 28.6 Å². The van der Waals surface area contributed by atoms with E-state index >= 15 is 0 Å². The molecule has 0 amide bonds. The molecule has 1 aliphatic carbocycles. The number of anilines is 1. The van der Waals surface area contributed by atoms with Crippen molar-refractivity contribution in [1.29, 1.82) is 0 Å². The molecule has 0 radical (unpaired) electrons. The first-order valence-corrected chi connectivity index (χ1v) is 8.30. The molecule has 1 saturated carbocycles. The minimum atomic E-state index is 0.308. The van der Waals surface area contributed by atoms with Crippen LogP contribution in [0.25, 0.3) is 0 Å². The molecule has 2 unspecified atom stereocenters. The molecule has 2 aliphatic rings. The van der Waals surface area contributed by atoms with Crippen LogP contribution in [0.2, 0.25) is 0 Å². The van der Waals surface area contributed by atoms with Crippen molar-refractivity contribution in [3.63, 3.8) is 0 Å². The second kappa shape index (κ2) is 6.04. The van der Waals surface area contributed by atoms with E-state index < -0.39 is 0 Å². The summed E-state index contributed by atoms with van der Waals surface area (Å²) >= 11 is 3.73. The average Bonchev–Trinajstić information content (AvgIpc) is 3.16. The SMILES string of the molecule is CC1OCCC1N(C)c1ccc(CNC2CC2)cc1Br. The Kier molecular flexibility index (Phi) is 4.34. The van der Waals surface area contributed by atoms with E-state index in [4.69, 9.17) is 4.74 Å². The highest BCUT2D eigenvalue weighted by Gasteiger charge is 2.28. The Hall–Kier alpha value is -0.580. The summed E-state index contributed by atoms with van der Waals surface area (Å²) in [5.74, 6) is 0. The van der Waals surface area contributed by atoms with Crippen molar-refractivity contribution in [2.24, 2.45) is 0 Å². The van der Waals surface area contributed by atoms with Crippen LogP contribution >= 0.6 is 15.9 Å². The predicted molar refractivity (Wildman–Crippen MR) is 86.2 cm³/mol. The van der Waals surface area contributed by atoms with Crippen LogP contribution in [0.1, 0.15) is 31.7 Å². The van der Waals surface area contributed by atoms with Gasteiger partial charge < -0.3 is 15.0 Å². The Bertz CT molecular complexity index is 476. The number of nitrogens with zero attached hydrogens (tertiary/aromatic N) is 1. The molecule has 20 heavy (non-hydrogen) atoms. The number of likely N-dealkylation sites (N-methyl/N-ethyl adjacent to an activating group) is 1. The molecule has 2 atom stereocenters. The third-order valence-corrected chi connectivity index (χ3v) is 5.03. The molecule has 1 aromatic rings. The third-order valence-electron chi connectivity index (χ3n) is 4.40. The summed E-state index contributed by atoms with van der Waals surface area (Å²) in [6.07, 6.45) is 4.08. The van der Waals surface area contributed by atoms with Crippen LogP contribution < -0.4 is 10.2 Å². The zero-order chi connectivity index (χ0) is 14.1. The van der Waals surface area contributed by atoms with Crippen molar-refractivity contribution in [2.75, 3.05) is 18.6 Å². The van der Waals surface area contributed by atoms with Crippen LogP contribution in [0.15, 0.2) is 22.7 Å². The van der Waals surface area contributed by atoms with Crippen LogP contribution in [0, 0.1) is 0 Å². The van der Waals surface area contributed by atoms with E-state index in [0.717, 1.165) is 25.6 Å². The Labute approximate surface area is 129 Å². The van der Waals surface area contributed by atoms with Crippen LogP contribution in [0.4, 0.5) is 5.69 Å². The number of benzene rings is 1. The van der Waals surface area contributed by atoms with Gasteiger partial charge in [0.05, 0.1) is 17.8 Å². The molecule has 3 nitrogen and oxygen atoms in total. The molecule has 1 saturated heterocycles. The Balaban J connectivity index is 1.69. The monoisotopic (exact) mass is 338 g/mol. The molecule has 2 fully saturated rings. The molecule has 0 aromatic heterocycles. The minimum Gasteiger partial charge on any atom is -0.376 e. The number of hydrogen-bond donors (Lipinski definition) is 1. The fourth-order valence-corrected chi connectivity index (χ4v) is 3.61. The van der Waals surface area contributed by atoms with Crippen LogP contribution in [0.5, 0.6) is 0 Å². The van der Waals surface area contributed by atoms with Crippen molar-refractivity contribution in [3.05, 3.63) is 28.2 Å². The molecule has 4 heteroatoms. The van der Waals surface area contributed by atoms with E-state index in [-0.39, 0.29) is 0 Å². The third kappa shape index (κ3) is 3.18. The second-order valence-electron chi connectivity index (χ2n) is 5.98. The van der Waals surface area contributed by atoms with Gasteiger partial charge in [0.1, 0.15) is 0 Å². The van der Waals surface area contributed by atoms with Crippen molar-refractivity contribution in [1.82, 2.24) is 5.32 Å². The molecule has 0 bridgehead atoms. The first-order chi connectivity index (χ1) is 9.65. The summed E-state index contributed by atoms with van der Waals surface area (Å²) in [7, 11) is 2.16. The van der Waals surface area contributed by atoms with Crippen molar-refractivity contribution >= 4 is 21.6 Å². The summed E-state index contributed by atoms with van der Waals surface area (Å²) in [6, 6.07) is 7.92. The largest absolute Gasteiger partial charge is 0.376 e. The molecule has 3 rings (SSSR count). The lowest BCUT2D eigenvalue weighted by molar-refractivity contribution is 0.118. The lowest BCUT2D eigenvalue weighted by Crippen LogP contribution is -2.36. The van der Waals surface area contributed by atoms with Crippen molar-refractivity contribution in [2.45, 2.75) is 50.9 Å². The lowest BCUT2D eigenvalue weighted by atomic mass is 10.1. The summed E-state index contributed by atoms with van der Waals surface area (Å²) in [5.41, 5.74) is 2.60. The van der Waals surface area contributed by atoms with Crippen molar-refractivity contribution in [3.8, 4) is 0 Å². The van der Waals surface area contributed by atoms with Gasteiger partial charge in [-0.25, -0.2) is 0 Å². The molecule has 0 spiro atoms. The molecule has 1 aromatic carbocycles. The zero-order valence-electron chi connectivity index (χ0n) is 12.2. The lowest BCUT2D eigenvalue weighted by Gasteiger charge is -2.29. The summed E-state index contributed by atoms with van der Waals surface area (Å²) in [5, 5.41) is 3.56. The second-order valence-corrected chi connectivity index (χ2v) is 6.84. The number of rotatable bonds is 5. The highest BCUT2D eigenvalue weighted by Crippen LogP contribution is 2.31. The van der Waals surface area contributed by atoms with Gasteiger partial charge in [0, 0.05) is 30.7 Å². The van der Waals surface area contributed by atoms with Gasteiger partial charge >= 0.3 is 0 Å². The summed E-state index contributed by atoms with van der Waals surface area (Å²) in [4.78, 5) is 2.35. The van der Waals surface area contributed by atoms with Gasteiger partial charge in [0.15, 0.2) is 0 Å². The standard InChI is InChI=1S/C16H23BrN2O/c1-11-15(7-8-20-11)19(2)16-6-3-12(9-14(16)17)10-18-13-4-5-13/h3,6,9,11,13,15,18H,4-5,7-8,10H2,1-2H3. The first-order valence-electron chi connectivity index (χ1n) is 7.51. The van der Waals surface area contributed by atoms with Gasteiger partial charge in [-0.05, 0) is 59.8 Å². The van der Waals surface area contributed by atoms with Crippen LogP contribution in [-0.4, -0.2) is 31.8 Å². The molecule has 1 N–H and O–H groups in total.